The number of nitrogens with two attached hydrogens (primary N) is 1. The van der Waals surface area contributed by atoms with Crippen LogP contribution in [0.2, 0.25) is 0 Å². The molecule has 0 radical (unpaired) electrons. The Labute approximate surface area is 171 Å². The number of fused-ring (bicyclic) bond motifs is 1. The van der Waals surface area contributed by atoms with Gasteiger partial charge in [-0.05, 0) is 39.0 Å². The predicted octanol–water partition coefficient (Wildman–Crippen LogP) is 2.51. The average Bonchev–Trinajstić information content (AvgIpc) is 3.36. The van der Waals surface area contributed by atoms with Crippen LogP contribution in [0.5, 0.6) is 0 Å². The van der Waals surface area contributed by atoms with E-state index in [4.69, 9.17) is 10.3 Å². The Bertz CT molecular complexity index is 1140. The van der Waals surface area contributed by atoms with Crippen molar-refractivity contribution >= 4 is 28.6 Å². The molecule has 10 heteroatoms. The van der Waals surface area contributed by atoms with Crippen LogP contribution in [0, 0.1) is 13.8 Å². The van der Waals surface area contributed by atoms with Crippen molar-refractivity contribution in [2.24, 2.45) is 0 Å². The van der Waals surface area contributed by atoms with Crippen molar-refractivity contribution in [2.75, 3.05) is 11.6 Å². The first kappa shape index (κ1) is 19.1. The zero-order chi connectivity index (χ0) is 20.5. The molecule has 0 aliphatic rings. The van der Waals surface area contributed by atoms with Gasteiger partial charge in [0.25, 0.3) is 5.95 Å². The summed E-state index contributed by atoms with van der Waals surface area (Å²) in [5, 5.41) is 16.9. The summed E-state index contributed by atoms with van der Waals surface area (Å²) >= 11 is 1.21. The Morgan fingerprint density at radius 3 is 2.79 bits per heavy atom. The van der Waals surface area contributed by atoms with Crippen LogP contribution in [0.25, 0.3) is 16.9 Å². The molecular formula is C19H21N7O2S. The number of rotatable bonds is 6. The lowest BCUT2D eigenvalue weighted by molar-refractivity contribution is -0.119. The first-order valence-corrected chi connectivity index (χ1v) is 10.1. The predicted molar refractivity (Wildman–Crippen MR) is 110 cm³/mol. The third kappa shape index (κ3) is 3.83. The fourth-order valence-electron chi connectivity index (χ4n) is 3.04. The van der Waals surface area contributed by atoms with Crippen LogP contribution in [-0.2, 0) is 4.79 Å². The highest BCUT2D eigenvalue weighted by atomic mass is 32.2. The minimum Gasteiger partial charge on any atom is -0.459 e. The van der Waals surface area contributed by atoms with Crippen LogP contribution in [-0.4, -0.2) is 36.3 Å². The second kappa shape index (κ2) is 7.63. The monoisotopic (exact) mass is 411 g/mol. The van der Waals surface area contributed by atoms with Gasteiger partial charge in [-0.3, -0.25) is 4.79 Å². The Hall–Kier alpha value is -3.27. The molecule has 3 N–H and O–H groups in total. The fourth-order valence-corrected chi connectivity index (χ4v) is 3.71. The zero-order valence-corrected chi connectivity index (χ0v) is 17.1. The number of thioether (sulfide) groups is 1. The number of carbonyl (C=O) groups excluding carboxylic acids is 1. The molecule has 1 amide bonds. The number of nitrogen functional groups attached to an aromatic ring is 1. The molecule has 1 aromatic carbocycles. The summed E-state index contributed by atoms with van der Waals surface area (Å²) in [4.78, 5) is 12.4. The maximum absolute atomic E-state index is 12.4. The smallest absolute Gasteiger partial charge is 0.271 e. The second-order valence-corrected chi connectivity index (χ2v) is 7.70. The van der Waals surface area contributed by atoms with Crippen molar-refractivity contribution in [3.8, 4) is 5.95 Å². The Morgan fingerprint density at radius 1 is 1.28 bits per heavy atom. The summed E-state index contributed by atoms with van der Waals surface area (Å²) in [6.45, 7) is 5.69. The number of nitrogens with zero attached hydrogens (tertiary/aromatic N) is 5. The summed E-state index contributed by atoms with van der Waals surface area (Å²) < 4.78 is 8.75. The van der Waals surface area contributed by atoms with Gasteiger partial charge in [0.2, 0.25) is 11.1 Å². The first-order chi connectivity index (χ1) is 13.9. The van der Waals surface area contributed by atoms with E-state index in [0.717, 1.165) is 22.4 Å². The van der Waals surface area contributed by atoms with Gasteiger partial charge in [-0.1, -0.05) is 30.0 Å². The van der Waals surface area contributed by atoms with E-state index < -0.39 is 0 Å². The number of aryl methyl sites for hydroxylation is 2. The van der Waals surface area contributed by atoms with Gasteiger partial charge in [0.1, 0.15) is 11.3 Å². The summed E-state index contributed by atoms with van der Waals surface area (Å²) in [5.41, 5.74) is 2.56. The highest BCUT2D eigenvalue weighted by Gasteiger charge is 2.18. The van der Waals surface area contributed by atoms with Crippen LogP contribution in [0.3, 0.4) is 0 Å². The van der Waals surface area contributed by atoms with Gasteiger partial charge in [-0.25, -0.2) is 9.36 Å². The molecule has 1 atom stereocenters. The summed E-state index contributed by atoms with van der Waals surface area (Å²) in [5.74, 6) is 7.20. The molecule has 9 nitrogen and oxygen atoms in total. The van der Waals surface area contributed by atoms with E-state index in [2.05, 4.69) is 20.6 Å². The van der Waals surface area contributed by atoms with Crippen molar-refractivity contribution in [2.45, 2.75) is 32.0 Å². The number of hydrogen-bond acceptors (Lipinski definition) is 7. The van der Waals surface area contributed by atoms with Gasteiger partial charge >= 0.3 is 0 Å². The highest BCUT2D eigenvalue weighted by molar-refractivity contribution is 7.99. The second-order valence-electron chi connectivity index (χ2n) is 6.76. The van der Waals surface area contributed by atoms with Gasteiger partial charge in [-0.2, -0.15) is 5.10 Å². The third-order valence-electron chi connectivity index (χ3n) is 4.43. The van der Waals surface area contributed by atoms with Gasteiger partial charge < -0.3 is 15.6 Å². The van der Waals surface area contributed by atoms with E-state index in [1.165, 1.54) is 16.4 Å². The molecule has 0 spiro atoms. The normalized spacial score (nSPS) is 12.4. The van der Waals surface area contributed by atoms with Crippen LogP contribution >= 0.6 is 11.8 Å². The van der Waals surface area contributed by atoms with E-state index in [9.17, 15) is 4.79 Å². The van der Waals surface area contributed by atoms with E-state index >= 15 is 0 Å². The zero-order valence-electron chi connectivity index (χ0n) is 16.3. The molecule has 150 valence electrons. The maximum Gasteiger partial charge on any atom is 0.271 e. The van der Waals surface area contributed by atoms with Gasteiger partial charge in [0, 0.05) is 11.1 Å². The van der Waals surface area contributed by atoms with Crippen molar-refractivity contribution in [3.63, 3.8) is 0 Å². The van der Waals surface area contributed by atoms with Gasteiger partial charge in [-0.15, -0.1) is 10.2 Å². The lowest BCUT2D eigenvalue weighted by Gasteiger charge is -2.11. The molecule has 0 bridgehead atoms. The number of hydrogen-bond donors (Lipinski definition) is 2. The number of aromatic nitrogens is 5. The van der Waals surface area contributed by atoms with Crippen molar-refractivity contribution in [3.05, 3.63) is 53.5 Å². The minimum absolute atomic E-state index is 0.150. The Kier molecular flexibility index (Phi) is 5.01. The molecule has 4 aromatic rings. The maximum atomic E-state index is 12.4. The number of benzene rings is 1. The topological polar surface area (TPSA) is 117 Å². The summed E-state index contributed by atoms with van der Waals surface area (Å²) in [6.07, 6.45) is 0. The van der Waals surface area contributed by atoms with Crippen molar-refractivity contribution < 1.29 is 9.21 Å². The molecule has 0 fully saturated rings. The molecule has 1 unspecified atom stereocenters. The van der Waals surface area contributed by atoms with Crippen LogP contribution in [0.15, 0.2) is 46.0 Å². The number of furan rings is 1. The lowest BCUT2D eigenvalue weighted by atomic mass is 10.2. The molecule has 0 aliphatic carbocycles. The number of nitrogens with one attached hydrogen (secondary N) is 1. The van der Waals surface area contributed by atoms with E-state index in [0.29, 0.717) is 16.9 Å². The van der Waals surface area contributed by atoms with Crippen LogP contribution in [0.4, 0.5) is 0 Å². The largest absolute Gasteiger partial charge is 0.459 e. The van der Waals surface area contributed by atoms with Crippen LogP contribution in [0.1, 0.15) is 30.1 Å². The van der Waals surface area contributed by atoms with Gasteiger partial charge in [0.15, 0.2) is 0 Å². The Morgan fingerprint density at radius 2 is 2.07 bits per heavy atom. The quantitative estimate of drug-likeness (QED) is 0.370. The minimum atomic E-state index is -0.253. The van der Waals surface area contributed by atoms with Crippen LogP contribution < -0.4 is 11.2 Å². The number of carbonyl (C=O) groups is 1. The number of para-hydroxylation sites is 1. The van der Waals surface area contributed by atoms with E-state index in [1.54, 1.807) is 4.68 Å². The first-order valence-electron chi connectivity index (χ1n) is 9.07. The summed E-state index contributed by atoms with van der Waals surface area (Å²) in [6, 6.07) is 11.3. The van der Waals surface area contributed by atoms with E-state index in [-0.39, 0.29) is 17.7 Å². The lowest BCUT2D eigenvalue weighted by Crippen LogP contribution is -2.28. The molecule has 4 rings (SSSR count). The SMILES string of the molecule is Cc1cc(C)n(-c2nnc(SCC(=O)NC(C)c3cc4ccccc4o3)n2N)n1. The highest BCUT2D eigenvalue weighted by Crippen LogP contribution is 2.24. The molecule has 0 saturated heterocycles. The van der Waals surface area contributed by atoms with Crippen molar-refractivity contribution in [1.29, 1.82) is 0 Å². The molecule has 3 heterocycles. The number of amides is 1. The van der Waals surface area contributed by atoms with E-state index in [1.807, 2.05) is 57.2 Å². The Balaban J connectivity index is 1.39. The molecule has 0 aliphatic heterocycles. The molecule has 29 heavy (non-hydrogen) atoms. The third-order valence-corrected chi connectivity index (χ3v) is 5.37. The average molecular weight is 411 g/mol. The van der Waals surface area contributed by atoms with Crippen molar-refractivity contribution in [1.82, 2.24) is 30.0 Å². The summed E-state index contributed by atoms with van der Waals surface area (Å²) in [7, 11) is 0. The molecule has 3 aromatic heterocycles. The fraction of sp³-hybridized carbons (Fsp3) is 0.263. The van der Waals surface area contributed by atoms with Gasteiger partial charge in [0.05, 0.1) is 17.5 Å². The standard InChI is InChI=1S/C19H21N7O2S/c1-11-8-12(2)26(24-11)18-22-23-19(25(18)20)29-10-17(27)21-13(3)16-9-14-6-4-5-7-15(14)28-16/h4-9,13H,10,20H2,1-3H3,(H,21,27). The molecular weight excluding hydrogens is 390 g/mol. The molecule has 0 saturated carbocycles.